The second-order valence-electron chi connectivity index (χ2n) is 4.21. The largest absolute Gasteiger partial charge is 0.465 e. The maximum absolute atomic E-state index is 12.0. The van der Waals surface area contributed by atoms with Gasteiger partial charge in [-0.1, -0.05) is 11.8 Å². The molecule has 1 aliphatic heterocycles. The predicted molar refractivity (Wildman–Crippen MR) is 72.4 cm³/mol. The van der Waals surface area contributed by atoms with E-state index < -0.39 is 5.97 Å². The molecule has 0 bridgehead atoms. The first-order valence-corrected chi connectivity index (χ1v) is 7.22. The number of hydrogen-bond donors (Lipinski definition) is 1. The Hall–Kier alpha value is -1.83. The van der Waals surface area contributed by atoms with Gasteiger partial charge in [0.2, 0.25) is 5.91 Å². The smallest absolute Gasteiger partial charge is 0.325 e. The van der Waals surface area contributed by atoms with E-state index in [1.165, 1.54) is 28.6 Å². The van der Waals surface area contributed by atoms with Crippen LogP contribution in [0.15, 0.2) is 22.2 Å². The highest BCUT2D eigenvalue weighted by Crippen LogP contribution is 2.24. The Morgan fingerprint density at radius 1 is 1.60 bits per heavy atom. The van der Waals surface area contributed by atoms with Crippen molar-refractivity contribution in [3.63, 3.8) is 0 Å². The molecule has 0 saturated heterocycles. The summed E-state index contributed by atoms with van der Waals surface area (Å²) in [4.78, 5) is 38.9. The molecule has 108 valence electrons. The van der Waals surface area contributed by atoms with Gasteiger partial charge in [0.15, 0.2) is 5.16 Å². The zero-order valence-electron chi connectivity index (χ0n) is 11.0. The summed E-state index contributed by atoms with van der Waals surface area (Å²) in [5.41, 5.74) is -0.176. The molecule has 0 saturated carbocycles. The lowest BCUT2D eigenvalue weighted by molar-refractivity contribution is -0.143. The average molecular weight is 297 g/mol. The molecule has 1 aromatic heterocycles. The molecule has 0 spiro atoms. The van der Waals surface area contributed by atoms with Crippen molar-refractivity contribution < 1.29 is 14.3 Å². The van der Waals surface area contributed by atoms with Gasteiger partial charge in [-0.3, -0.25) is 19.0 Å². The standard InChI is InChI=1S/C12H15N3O4S/c1-2-19-10(17)5-14-11(18)8-6-15-9(16)3-4-13-12(15)20-7-8/h3-4,8H,2,5-7H2,1H3,(H,14,18). The zero-order chi connectivity index (χ0) is 14.5. The van der Waals surface area contributed by atoms with E-state index in [1.807, 2.05) is 0 Å². The summed E-state index contributed by atoms with van der Waals surface area (Å²) < 4.78 is 6.21. The third-order valence-electron chi connectivity index (χ3n) is 2.80. The molecule has 0 radical (unpaired) electrons. The molecule has 2 heterocycles. The summed E-state index contributed by atoms with van der Waals surface area (Å²) in [6.07, 6.45) is 1.46. The van der Waals surface area contributed by atoms with E-state index in [9.17, 15) is 14.4 Å². The highest BCUT2D eigenvalue weighted by Gasteiger charge is 2.26. The quantitative estimate of drug-likeness (QED) is 0.603. The molecule has 1 amide bonds. The minimum absolute atomic E-state index is 0.150. The van der Waals surface area contributed by atoms with Crippen LogP contribution in [0.5, 0.6) is 0 Å². The first-order chi connectivity index (χ1) is 9.61. The summed E-state index contributed by atoms with van der Waals surface area (Å²) in [6, 6.07) is 1.36. The summed E-state index contributed by atoms with van der Waals surface area (Å²) in [5.74, 6) is -0.551. The summed E-state index contributed by atoms with van der Waals surface area (Å²) in [5, 5.41) is 3.14. The molecular formula is C12H15N3O4S. The van der Waals surface area contributed by atoms with Gasteiger partial charge >= 0.3 is 5.97 Å². The van der Waals surface area contributed by atoms with Crippen molar-refractivity contribution in [3.8, 4) is 0 Å². The molecule has 1 aromatic rings. The van der Waals surface area contributed by atoms with Crippen LogP contribution in [0.4, 0.5) is 0 Å². The van der Waals surface area contributed by atoms with E-state index >= 15 is 0 Å². The van der Waals surface area contributed by atoms with Gasteiger partial charge in [-0.2, -0.15) is 0 Å². The molecule has 1 atom stereocenters. The fraction of sp³-hybridized carbons (Fsp3) is 0.500. The number of thioether (sulfide) groups is 1. The predicted octanol–water partition coefficient (Wildman–Crippen LogP) is -0.355. The SMILES string of the molecule is CCOC(=O)CNC(=O)C1CSc2nccc(=O)n2C1. The fourth-order valence-corrected chi connectivity index (χ4v) is 2.89. The van der Waals surface area contributed by atoms with Crippen LogP contribution in [0.25, 0.3) is 0 Å². The van der Waals surface area contributed by atoms with E-state index in [0.29, 0.717) is 10.9 Å². The molecule has 20 heavy (non-hydrogen) atoms. The van der Waals surface area contributed by atoms with Crippen molar-refractivity contribution in [1.29, 1.82) is 0 Å². The van der Waals surface area contributed by atoms with Gasteiger partial charge in [-0.15, -0.1) is 0 Å². The van der Waals surface area contributed by atoms with Crippen LogP contribution in [0.3, 0.4) is 0 Å². The van der Waals surface area contributed by atoms with E-state index in [1.54, 1.807) is 6.92 Å². The highest BCUT2D eigenvalue weighted by molar-refractivity contribution is 7.99. The van der Waals surface area contributed by atoms with Crippen LogP contribution in [0.1, 0.15) is 6.92 Å². The van der Waals surface area contributed by atoms with Crippen molar-refractivity contribution in [2.75, 3.05) is 18.9 Å². The number of nitrogens with zero attached hydrogens (tertiary/aromatic N) is 2. The maximum Gasteiger partial charge on any atom is 0.325 e. The Morgan fingerprint density at radius 3 is 3.15 bits per heavy atom. The van der Waals surface area contributed by atoms with E-state index in [2.05, 4.69) is 10.3 Å². The number of esters is 1. The lowest BCUT2D eigenvalue weighted by atomic mass is 10.1. The topological polar surface area (TPSA) is 90.3 Å². The van der Waals surface area contributed by atoms with Gasteiger partial charge in [0, 0.05) is 24.6 Å². The Kier molecular flexibility index (Phi) is 4.78. The van der Waals surface area contributed by atoms with Crippen LogP contribution in [0.2, 0.25) is 0 Å². The van der Waals surface area contributed by atoms with Gasteiger partial charge in [-0.25, -0.2) is 4.98 Å². The second-order valence-corrected chi connectivity index (χ2v) is 5.19. The molecular weight excluding hydrogens is 282 g/mol. The molecule has 0 aliphatic carbocycles. The number of ether oxygens (including phenoxy) is 1. The minimum Gasteiger partial charge on any atom is -0.465 e. The number of rotatable bonds is 4. The molecule has 1 N–H and O–H groups in total. The molecule has 7 nitrogen and oxygen atoms in total. The van der Waals surface area contributed by atoms with E-state index in [-0.39, 0.29) is 37.1 Å². The monoisotopic (exact) mass is 297 g/mol. The van der Waals surface area contributed by atoms with Crippen molar-refractivity contribution in [3.05, 3.63) is 22.6 Å². The molecule has 0 aromatic carbocycles. The van der Waals surface area contributed by atoms with E-state index in [4.69, 9.17) is 4.74 Å². The highest BCUT2D eigenvalue weighted by atomic mass is 32.2. The Balaban J connectivity index is 1.95. The first kappa shape index (κ1) is 14.6. The number of carbonyl (C=O) groups excluding carboxylic acids is 2. The molecule has 8 heteroatoms. The minimum atomic E-state index is -0.469. The van der Waals surface area contributed by atoms with Gasteiger partial charge in [0.25, 0.3) is 5.56 Å². The lowest BCUT2D eigenvalue weighted by Crippen LogP contribution is -2.41. The van der Waals surface area contributed by atoms with Crippen molar-refractivity contribution in [2.45, 2.75) is 18.6 Å². The molecule has 1 unspecified atom stereocenters. The molecule has 1 aliphatic rings. The fourth-order valence-electron chi connectivity index (χ4n) is 1.82. The van der Waals surface area contributed by atoms with Crippen LogP contribution in [-0.4, -0.2) is 40.3 Å². The number of hydrogen-bond acceptors (Lipinski definition) is 6. The lowest BCUT2D eigenvalue weighted by Gasteiger charge is -2.23. The van der Waals surface area contributed by atoms with Gasteiger partial charge in [0.05, 0.1) is 12.5 Å². The average Bonchev–Trinajstić information content (AvgIpc) is 2.45. The molecule has 2 rings (SSSR count). The first-order valence-electron chi connectivity index (χ1n) is 6.23. The van der Waals surface area contributed by atoms with E-state index in [0.717, 1.165) is 0 Å². The van der Waals surface area contributed by atoms with Crippen LogP contribution in [-0.2, 0) is 20.9 Å². The second kappa shape index (κ2) is 6.56. The Bertz CT molecular complexity index is 572. The third-order valence-corrected chi connectivity index (χ3v) is 3.95. The van der Waals surface area contributed by atoms with Crippen LogP contribution in [0, 0.1) is 5.92 Å². The molecule has 0 fully saturated rings. The zero-order valence-corrected chi connectivity index (χ0v) is 11.8. The number of amides is 1. The summed E-state index contributed by atoms with van der Waals surface area (Å²) in [7, 11) is 0. The van der Waals surface area contributed by atoms with Crippen molar-refractivity contribution in [2.24, 2.45) is 5.92 Å². The summed E-state index contributed by atoms with van der Waals surface area (Å²) >= 11 is 1.36. The maximum atomic E-state index is 12.0. The van der Waals surface area contributed by atoms with Crippen molar-refractivity contribution >= 4 is 23.6 Å². The number of fused-ring (bicyclic) bond motifs is 1. The number of carbonyl (C=O) groups is 2. The number of aromatic nitrogens is 2. The van der Waals surface area contributed by atoms with Gasteiger partial charge in [0.1, 0.15) is 6.54 Å². The number of nitrogens with one attached hydrogen (secondary N) is 1. The van der Waals surface area contributed by atoms with Crippen LogP contribution >= 0.6 is 11.8 Å². The van der Waals surface area contributed by atoms with Gasteiger partial charge < -0.3 is 10.1 Å². The van der Waals surface area contributed by atoms with Crippen molar-refractivity contribution in [1.82, 2.24) is 14.9 Å². The Labute approximate surface area is 119 Å². The Morgan fingerprint density at radius 2 is 2.40 bits per heavy atom. The summed E-state index contributed by atoms with van der Waals surface area (Å²) in [6.45, 7) is 2.11. The normalized spacial score (nSPS) is 17.1. The van der Waals surface area contributed by atoms with Crippen LogP contribution < -0.4 is 10.9 Å². The van der Waals surface area contributed by atoms with Gasteiger partial charge in [-0.05, 0) is 6.92 Å². The third kappa shape index (κ3) is 3.38.